The molecule has 5 N–H and O–H groups in total. The van der Waals surface area contributed by atoms with Crippen molar-refractivity contribution >= 4 is 0 Å². The first-order chi connectivity index (χ1) is 3.00. The Labute approximate surface area is 44.3 Å². The van der Waals surface area contributed by atoms with E-state index in [1.54, 1.807) is 0 Å². The van der Waals surface area contributed by atoms with Crippen LogP contribution in [-0.4, -0.2) is 10.7 Å². The van der Waals surface area contributed by atoms with Crippen molar-refractivity contribution in [3.63, 3.8) is 0 Å². The fourth-order valence-electron chi connectivity index (χ4n) is 0. The van der Waals surface area contributed by atoms with Gasteiger partial charge in [-0.05, 0) is 20.8 Å². The van der Waals surface area contributed by atoms with Gasteiger partial charge in [-0.2, -0.15) is 0 Å². The van der Waals surface area contributed by atoms with Crippen molar-refractivity contribution in [2.24, 2.45) is 11.6 Å². The van der Waals surface area contributed by atoms with Crippen LogP contribution in [0, 0.1) is 0 Å². The van der Waals surface area contributed by atoms with Crippen molar-refractivity contribution < 1.29 is 5.21 Å². The molecule has 0 bridgehead atoms. The van der Waals surface area contributed by atoms with Gasteiger partial charge in [0.1, 0.15) is 0 Å². The van der Waals surface area contributed by atoms with E-state index in [1.807, 2.05) is 20.8 Å². The van der Waals surface area contributed by atoms with Crippen molar-refractivity contribution in [3.8, 4) is 0 Å². The van der Waals surface area contributed by atoms with E-state index >= 15 is 0 Å². The molecule has 0 aromatic rings. The summed E-state index contributed by atoms with van der Waals surface area (Å²) in [5.74, 6) is 3.50. The maximum Gasteiger partial charge on any atom is 0.00686 e. The molecule has 0 spiro atoms. The summed E-state index contributed by atoms with van der Waals surface area (Å²) in [6.07, 6.45) is 0. The molecule has 3 heteroatoms. The van der Waals surface area contributed by atoms with Gasteiger partial charge in [-0.15, -0.1) is 0 Å². The summed E-state index contributed by atoms with van der Waals surface area (Å²) in [5, 5.41) is 6.50. The quantitative estimate of drug-likeness (QED) is 0.383. The Hall–Kier alpha value is -0.120. The minimum atomic E-state index is 0. The Bertz CT molecular complexity index is 25.2. The molecule has 0 rings (SSSR count). The van der Waals surface area contributed by atoms with Crippen molar-refractivity contribution in [3.05, 3.63) is 0 Å². The van der Waals surface area contributed by atoms with E-state index in [0.717, 1.165) is 0 Å². The summed E-state index contributed by atoms with van der Waals surface area (Å²) >= 11 is 0. The van der Waals surface area contributed by atoms with Gasteiger partial charge >= 0.3 is 0 Å². The zero-order valence-corrected chi connectivity index (χ0v) is 5.10. The summed E-state index contributed by atoms with van der Waals surface area (Å²) in [4.78, 5) is 0. The molecule has 0 amide bonds. The van der Waals surface area contributed by atoms with Crippen molar-refractivity contribution in [1.29, 1.82) is 0 Å². The predicted octanol–water partition coefficient (Wildman–Crippen LogP) is 0.0779. The highest BCUT2D eigenvalue weighted by atomic mass is 16.4. The second kappa shape index (κ2) is 4.05. The third-order valence-corrected chi connectivity index (χ3v) is 0. The fraction of sp³-hybridized carbons (Fsp3) is 1.00. The first-order valence-corrected chi connectivity index (χ1v) is 2.05. The third kappa shape index (κ3) is 6150. The van der Waals surface area contributed by atoms with Crippen LogP contribution >= 0.6 is 0 Å². The Morgan fingerprint density at radius 2 is 1.14 bits per heavy atom. The summed E-state index contributed by atoms with van der Waals surface area (Å²) in [5.41, 5.74) is 5.35. The van der Waals surface area contributed by atoms with E-state index in [-0.39, 0.29) is 5.54 Å². The summed E-state index contributed by atoms with van der Waals surface area (Å²) < 4.78 is 0. The monoisotopic (exact) mass is 106 g/mol. The van der Waals surface area contributed by atoms with Crippen LogP contribution in [0.5, 0.6) is 0 Å². The van der Waals surface area contributed by atoms with Gasteiger partial charge < -0.3 is 10.9 Å². The summed E-state index contributed by atoms with van der Waals surface area (Å²) in [7, 11) is 0. The van der Waals surface area contributed by atoms with E-state index in [2.05, 4.69) is 5.90 Å². The lowest BCUT2D eigenvalue weighted by molar-refractivity contribution is 0.311. The van der Waals surface area contributed by atoms with Gasteiger partial charge in [-0.1, -0.05) is 0 Å². The average molecular weight is 106 g/mol. The molecule has 0 aliphatic heterocycles. The van der Waals surface area contributed by atoms with Crippen LogP contribution in [0.25, 0.3) is 0 Å². The molecule has 0 atom stereocenters. The third-order valence-electron chi connectivity index (χ3n) is 0. The Morgan fingerprint density at radius 3 is 1.14 bits per heavy atom. The molecule has 0 fully saturated rings. The van der Waals surface area contributed by atoms with E-state index in [9.17, 15) is 0 Å². The Kier molecular flexibility index (Phi) is 5.78. The van der Waals surface area contributed by atoms with Crippen molar-refractivity contribution in [1.82, 2.24) is 0 Å². The van der Waals surface area contributed by atoms with E-state index in [4.69, 9.17) is 10.9 Å². The molecule has 0 aromatic heterocycles. The topological polar surface area (TPSA) is 72.3 Å². The number of hydrogen-bond donors (Lipinski definition) is 3. The molecule has 46 valence electrons. The van der Waals surface area contributed by atoms with Crippen molar-refractivity contribution in [2.45, 2.75) is 26.3 Å². The lowest BCUT2D eigenvalue weighted by atomic mass is 10.1. The van der Waals surface area contributed by atoms with Gasteiger partial charge in [0.2, 0.25) is 0 Å². The highest BCUT2D eigenvalue weighted by molar-refractivity contribution is 4.60. The molecule has 0 radical (unpaired) electrons. The van der Waals surface area contributed by atoms with E-state index in [1.165, 1.54) is 0 Å². The predicted molar refractivity (Wildman–Crippen MR) is 29.9 cm³/mol. The number of nitrogens with two attached hydrogens (primary N) is 2. The first-order valence-electron chi connectivity index (χ1n) is 2.05. The molecule has 3 nitrogen and oxygen atoms in total. The first kappa shape index (κ1) is 9.99. The normalized spacial score (nSPS) is 9.43. The number of rotatable bonds is 0. The molecule has 0 heterocycles. The minimum Gasteiger partial charge on any atom is -0.326 e. The Balaban J connectivity index is 0. The molecule has 0 saturated heterocycles. The molecular weight excluding hydrogens is 92.1 g/mol. The zero-order valence-electron chi connectivity index (χ0n) is 5.10. The fourth-order valence-corrected chi connectivity index (χ4v) is 0. The lowest BCUT2D eigenvalue weighted by Gasteiger charge is -2.06. The van der Waals surface area contributed by atoms with Crippen LogP contribution in [0.15, 0.2) is 0 Å². The van der Waals surface area contributed by atoms with Gasteiger partial charge in [0.25, 0.3) is 0 Å². The summed E-state index contributed by atoms with van der Waals surface area (Å²) in [6, 6.07) is 0. The van der Waals surface area contributed by atoms with Gasteiger partial charge in [-0.25, -0.2) is 5.90 Å². The molecule has 0 aliphatic rings. The highest BCUT2D eigenvalue weighted by Gasteiger charge is 1.95. The number of hydrogen-bond acceptors (Lipinski definition) is 3. The van der Waals surface area contributed by atoms with Crippen LogP contribution in [-0.2, 0) is 0 Å². The SMILES string of the molecule is CC(C)(C)N.NO. The average Bonchev–Trinajstić information content (AvgIpc) is 1.36. The smallest absolute Gasteiger partial charge is 0.00686 e. The van der Waals surface area contributed by atoms with Crippen LogP contribution in [0.3, 0.4) is 0 Å². The van der Waals surface area contributed by atoms with Gasteiger partial charge in [0.05, 0.1) is 0 Å². The second-order valence-corrected chi connectivity index (χ2v) is 2.37. The maximum absolute atomic E-state index is 6.50. The standard InChI is InChI=1S/C4H11N.H3NO/c1-4(2,3)5;1-2/h5H2,1-3H3;2H,1H2. The Morgan fingerprint density at radius 1 is 1.14 bits per heavy atom. The lowest BCUT2D eigenvalue weighted by Crippen LogP contribution is -2.26. The molecular formula is C4H14N2O. The summed E-state index contributed by atoms with van der Waals surface area (Å²) in [6.45, 7) is 5.90. The second-order valence-electron chi connectivity index (χ2n) is 2.37. The van der Waals surface area contributed by atoms with Crippen LogP contribution < -0.4 is 11.6 Å². The minimum absolute atomic E-state index is 0. The highest BCUT2D eigenvalue weighted by Crippen LogP contribution is 1.88. The molecule has 0 aliphatic carbocycles. The molecule has 0 saturated carbocycles. The van der Waals surface area contributed by atoms with Gasteiger partial charge in [0.15, 0.2) is 0 Å². The molecule has 0 unspecified atom stereocenters. The van der Waals surface area contributed by atoms with Gasteiger partial charge in [-0.3, -0.25) is 0 Å². The zero-order chi connectivity index (χ0) is 6.50. The van der Waals surface area contributed by atoms with E-state index in [0.29, 0.717) is 0 Å². The largest absolute Gasteiger partial charge is 0.326 e. The van der Waals surface area contributed by atoms with Crippen LogP contribution in [0.1, 0.15) is 20.8 Å². The van der Waals surface area contributed by atoms with Crippen LogP contribution in [0.4, 0.5) is 0 Å². The van der Waals surface area contributed by atoms with E-state index < -0.39 is 0 Å². The molecule has 0 aromatic carbocycles. The van der Waals surface area contributed by atoms with Crippen LogP contribution in [0.2, 0.25) is 0 Å². The maximum atomic E-state index is 6.50. The van der Waals surface area contributed by atoms with Crippen molar-refractivity contribution in [2.75, 3.05) is 0 Å². The van der Waals surface area contributed by atoms with Gasteiger partial charge in [0, 0.05) is 5.54 Å². The molecule has 7 heavy (non-hydrogen) atoms.